The van der Waals surface area contributed by atoms with E-state index in [0.717, 1.165) is 5.82 Å². The predicted molar refractivity (Wildman–Crippen MR) is 58.3 cm³/mol. The van der Waals surface area contributed by atoms with Gasteiger partial charge in [0.15, 0.2) is 0 Å². The first-order valence-corrected chi connectivity index (χ1v) is 6.10. The summed E-state index contributed by atoms with van der Waals surface area (Å²) in [7, 11) is 1.98. The van der Waals surface area contributed by atoms with Crippen LogP contribution in [0.25, 0.3) is 0 Å². The summed E-state index contributed by atoms with van der Waals surface area (Å²) >= 11 is 2.02. The van der Waals surface area contributed by atoms with Crippen molar-refractivity contribution in [1.29, 1.82) is 0 Å². The van der Waals surface area contributed by atoms with E-state index < -0.39 is 0 Å². The van der Waals surface area contributed by atoms with Crippen LogP contribution in [0.2, 0.25) is 0 Å². The van der Waals surface area contributed by atoms with Crippen molar-refractivity contribution in [2.75, 3.05) is 11.5 Å². The fourth-order valence-electron chi connectivity index (χ4n) is 1.78. The fourth-order valence-corrected chi connectivity index (χ4v) is 2.94. The zero-order valence-electron chi connectivity index (χ0n) is 8.60. The SMILES string of the molecule is CC(NC1CCSC1)c1nncn1C. The van der Waals surface area contributed by atoms with E-state index >= 15 is 0 Å². The van der Waals surface area contributed by atoms with Crippen molar-refractivity contribution in [2.45, 2.75) is 25.4 Å². The Bertz CT molecular complexity index is 293. The Balaban J connectivity index is 1.95. The van der Waals surface area contributed by atoms with Crippen molar-refractivity contribution >= 4 is 11.8 Å². The van der Waals surface area contributed by atoms with E-state index in [0.29, 0.717) is 12.1 Å². The molecule has 0 radical (unpaired) electrons. The number of rotatable bonds is 3. The maximum Gasteiger partial charge on any atom is 0.149 e. The molecule has 0 saturated carbocycles. The van der Waals surface area contributed by atoms with E-state index in [-0.39, 0.29) is 0 Å². The van der Waals surface area contributed by atoms with Crippen LogP contribution in [-0.2, 0) is 7.05 Å². The third-order valence-corrected chi connectivity index (χ3v) is 3.71. The Morgan fingerprint density at radius 1 is 1.71 bits per heavy atom. The number of aromatic nitrogens is 3. The van der Waals surface area contributed by atoms with E-state index in [1.807, 2.05) is 23.4 Å². The topological polar surface area (TPSA) is 42.7 Å². The molecule has 1 N–H and O–H groups in total. The smallest absolute Gasteiger partial charge is 0.149 e. The summed E-state index contributed by atoms with van der Waals surface area (Å²) in [6.07, 6.45) is 3.02. The first-order valence-electron chi connectivity index (χ1n) is 4.95. The Kier molecular flexibility index (Phi) is 3.08. The van der Waals surface area contributed by atoms with Gasteiger partial charge in [0.2, 0.25) is 0 Å². The summed E-state index contributed by atoms with van der Waals surface area (Å²) < 4.78 is 1.97. The zero-order chi connectivity index (χ0) is 9.97. The highest BCUT2D eigenvalue weighted by Gasteiger charge is 2.19. The van der Waals surface area contributed by atoms with Crippen LogP contribution in [0, 0.1) is 0 Å². The molecule has 2 atom stereocenters. The minimum atomic E-state index is 0.297. The van der Waals surface area contributed by atoms with Gasteiger partial charge < -0.3 is 9.88 Å². The van der Waals surface area contributed by atoms with Crippen molar-refractivity contribution in [3.63, 3.8) is 0 Å². The van der Waals surface area contributed by atoms with Crippen LogP contribution >= 0.6 is 11.8 Å². The molecule has 1 saturated heterocycles. The molecule has 1 fully saturated rings. The minimum Gasteiger partial charge on any atom is -0.319 e. The van der Waals surface area contributed by atoms with Crippen LogP contribution in [0.15, 0.2) is 6.33 Å². The van der Waals surface area contributed by atoms with E-state index in [4.69, 9.17) is 0 Å². The second-order valence-corrected chi connectivity index (χ2v) is 4.90. The molecule has 2 unspecified atom stereocenters. The number of nitrogens with one attached hydrogen (secondary N) is 1. The molecule has 1 aromatic heterocycles. The number of aryl methyl sites for hydroxylation is 1. The molecule has 0 bridgehead atoms. The van der Waals surface area contributed by atoms with Gasteiger partial charge in [0.05, 0.1) is 6.04 Å². The second-order valence-electron chi connectivity index (χ2n) is 3.75. The third-order valence-electron chi connectivity index (χ3n) is 2.55. The lowest BCUT2D eigenvalue weighted by Crippen LogP contribution is -2.32. The van der Waals surface area contributed by atoms with Crippen molar-refractivity contribution in [1.82, 2.24) is 20.1 Å². The summed E-state index contributed by atoms with van der Waals surface area (Å²) in [6.45, 7) is 2.15. The van der Waals surface area contributed by atoms with Gasteiger partial charge >= 0.3 is 0 Å². The van der Waals surface area contributed by atoms with E-state index in [1.165, 1.54) is 17.9 Å². The van der Waals surface area contributed by atoms with E-state index in [2.05, 4.69) is 22.4 Å². The number of hydrogen-bond donors (Lipinski definition) is 1. The zero-order valence-corrected chi connectivity index (χ0v) is 9.42. The van der Waals surface area contributed by atoms with Crippen molar-refractivity contribution < 1.29 is 0 Å². The van der Waals surface area contributed by atoms with E-state index in [1.54, 1.807) is 6.33 Å². The number of nitrogens with zero attached hydrogens (tertiary/aromatic N) is 3. The lowest BCUT2D eigenvalue weighted by molar-refractivity contribution is 0.460. The first-order chi connectivity index (χ1) is 6.77. The van der Waals surface area contributed by atoms with Gasteiger partial charge in [0.25, 0.3) is 0 Å². The van der Waals surface area contributed by atoms with Gasteiger partial charge in [-0.05, 0) is 19.1 Å². The van der Waals surface area contributed by atoms with Crippen LogP contribution in [-0.4, -0.2) is 32.3 Å². The predicted octanol–water partition coefficient (Wildman–Crippen LogP) is 0.971. The highest BCUT2D eigenvalue weighted by atomic mass is 32.2. The normalized spacial score (nSPS) is 24.0. The first kappa shape index (κ1) is 9.98. The highest BCUT2D eigenvalue weighted by Crippen LogP contribution is 2.20. The second kappa shape index (κ2) is 4.31. The standard InChI is InChI=1S/C9H16N4S/c1-7(9-12-10-6-13(9)2)11-8-3-4-14-5-8/h6-8,11H,3-5H2,1-2H3. The summed E-state index contributed by atoms with van der Waals surface area (Å²) in [6, 6.07) is 0.942. The molecule has 1 aliphatic rings. The van der Waals surface area contributed by atoms with Gasteiger partial charge in [-0.2, -0.15) is 11.8 Å². The third kappa shape index (κ3) is 2.09. The average molecular weight is 212 g/mol. The molecule has 78 valence electrons. The summed E-state index contributed by atoms with van der Waals surface area (Å²) in [5.74, 6) is 3.52. The van der Waals surface area contributed by atoms with Gasteiger partial charge in [-0.1, -0.05) is 0 Å². The summed E-state index contributed by atoms with van der Waals surface area (Å²) in [5, 5.41) is 11.6. The quantitative estimate of drug-likeness (QED) is 0.811. The average Bonchev–Trinajstić information content (AvgIpc) is 2.75. The number of hydrogen-bond acceptors (Lipinski definition) is 4. The molecule has 0 spiro atoms. The highest BCUT2D eigenvalue weighted by molar-refractivity contribution is 7.99. The molecular formula is C9H16N4S. The largest absolute Gasteiger partial charge is 0.319 e. The monoisotopic (exact) mass is 212 g/mol. The maximum absolute atomic E-state index is 4.10. The molecule has 1 aromatic rings. The lowest BCUT2D eigenvalue weighted by Gasteiger charge is -2.17. The molecule has 2 heterocycles. The Morgan fingerprint density at radius 2 is 2.57 bits per heavy atom. The molecule has 4 nitrogen and oxygen atoms in total. The van der Waals surface area contributed by atoms with Gasteiger partial charge in [0.1, 0.15) is 12.2 Å². The lowest BCUT2D eigenvalue weighted by atomic mass is 10.2. The van der Waals surface area contributed by atoms with Crippen LogP contribution in [0.4, 0.5) is 0 Å². The summed E-state index contributed by atoms with van der Waals surface area (Å²) in [5.41, 5.74) is 0. The van der Waals surface area contributed by atoms with Gasteiger partial charge in [-0.15, -0.1) is 10.2 Å². The van der Waals surface area contributed by atoms with Crippen LogP contribution in [0.5, 0.6) is 0 Å². The summed E-state index contributed by atoms with van der Waals surface area (Å²) in [4.78, 5) is 0. The fraction of sp³-hybridized carbons (Fsp3) is 0.778. The van der Waals surface area contributed by atoms with E-state index in [9.17, 15) is 0 Å². The molecule has 0 aromatic carbocycles. The molecule has 1 aliphatic heterocycles. The van der Waals surface area contributed by atoms with Gasteiger partial charge in [0, 0.05) is 18.8 Å². The molecule has 5 heteroatoms. The van der Waals surface area contributed by atoms with Crippen LogP contribution in [0.3, 0.4) is 0 Å². The number of thioether (sulfide) groups is 1. The Hall–Kier alpha value is -0.550. The van der Waals surface area contributed by atoms with Crippen molar-refractivity contribution in [3.8, 4) is 0 Å². The Labute approximate surface area is 88.5 Å². The molecule has 2 rings (SSSR count). The van der Waals surface area contributed by atoms with Crippen molar-refractivity contribution in [3.05, 3.63) is 12.2 Å². The van der Waals surface area contributed by atoms with Crippen molar-refractivity contribution in [2.24, 2.45) is 7.05 Å². The molecule has 0 amide bonds. The maximum atomic E-state index is 4.10. The van der Waals surface area contributed by atoms with Gasteiger partial charge in [-0.25, -0.2) is 0 Å². The van der Waals surface area contributed by atoms with Crippen LogP contribution in [0.1, 0.15) is 25.2 Å². The molecule has 14 heavy (non-hydrogen) atoms. The Morgan fingerprint density at radius 3 is 3.14 bits per heavy atom. The molecule has 0 aliphatic carbocycles. The molecular weight excluding hydrogens is 196 g/mol. The van der Waals surface area contributed by atoms with Gasteiger partial charge in [-0.3, -0.25) is 0 Å². The van der Waals surface area contributed by atoms with Crippen LogP contribution < -0.4 is 5.32 Å². The minimum absolute atomic E-state index is 0.297.